The Bertz CT molecular complexity index is 849. The van der Waals surface area contributed by atoms with E-state index < -0.39 is 5.34 Å². The zero-order chi connectivity index (χ0) is 22.6. The fourth-order valence-electron chi connectivity index (χ4n) is 6.17. The van der Waals surface area contributed by atoms with E-state index in [0.29, 0.717) is 29.6 Å². The largest absolute Gasteiger partial charge is 0.343 e. The number of nitrogens with one attached hydrogen (secondary N) is 1. The van der Waals surface area contributed by atoms with Gasteiger partial charge in [-0.1, -0.05) is 13.8 Å². The first kappa shape index (κ1) is 22.3. The molecule has 31 heavy (non-hydrogen) atoms. The Morgan fingerprint density at radius 3 is 2.42 bits per heavy atom. The Labute approximate surface area is 189 Å². The fourth-order valence-corrected chi connectivity index (χ4v) is 6.17. The van der Waals surface area contributed by atoms with Gasteiger partial charge in [0.05, 0.1) is 0 Å². The number of likely N-dealkylation sites (tertiary alicyclic amines) is 1. The van der Waals surface area contributed by atoms with Crippen LogP contribution in [0.25, 0.3) is 0 Å². The minimum atomic E-state index is -0.402. The van der Waals surface area contributed by atoms with E-state index in [1.165, 1.54) is 5.56 Å². The van der Waals surface area contributed by atoms with Crippen molar-refractivity contribution in [1.82, 2.24) is 20.1 Å². The van der Waals surface area contributed by atoms with Gasteiger partial charge in [-0.25, -0.2) is 4.79 Å². The molecule has 3 amide bonds. The standard InChI is InChI=1S/C21H34B4N4O2/c1-13(2)9-17(30)28-7-4-19(5-8-28)10-14(19)11-27-18(31)29-20(22,23)15-3-6-26-12-16(15)21(29,24)25/h3,6,12-14H,4-5,7-11,22-25H2,1-2H3,(H,27,31). The second-order valence-electron chi connectivity index (χ2n) is 11.3. The molecule has 2 aliphatic heterocycles. The van der Waals surface area contributed by atoms with Gasteiger partial charge in [0, 0.05) is 49.1 Å². The molecule has 1 atom stereocenters. The van der Waals surface area contributed by atoms with Crippen LogP contribution in [0.4, 0.5) is 4.79 Å². The van der Waals surface area contributed by atoms with Crippen molar-refractivity contribution >= 4 is 43.3 Å². The zero-order valence-electron chi connectivity index (χ0n) is 20.0. The monoisotopic (exact) mass is 418 g/mol. The smallest absolute Gasteiger partial charge is 0.316 e. The molecule has 2 fully saturated rings. The van der Waals surface area contributed by atoms with Crippen LogP contribution in [0.5, 0.6) is 0 Å². The van der Waals surface area contributed by atoms with Gasteiger partial charge in [-0.05, 0) is 53.7 Å². The van der Waals surface area contributed by atoms with Crippen molar-refractivity contribution in [3.05, 3.63) is 29.6 Å². The first-order valence-corrected chi connectivity index (χ1v) is 11.8. The molecule has 0 bridgehead atoms. The molecule has 6 nitrogen and oxygen atoms in total. The average Bonchev–Trinajstić information content (AvgIpc) is 3.33. The van der Waals surface area contributed by atoms with E-state index in [9.17, 15) is 9.59 Å². The fraction of sp³-hybridized carbons (Fsp3) is 0.667. The van der Waals surface area contributed by atoms with E-state index in [2.05, 4.69) is 55.5 Å². The highest BCUT2D eigenvalue weighted by Gasteiger charge is 2.56. The number of amides is 3. The summed E-state index contributed by atoms with van der Waals surface area (Å²) in [6.07, 6.45) is 7.64. The summed E-state index contributed by atoms with van der Waals surface area (Å²) in [6.45, 7) is 6.65. The third-order valence-electron chi connectivity index (χ3n) is 8.01. The van der Waals surface area contributed by atoms with Gasteiger partial charge in [0.1, 0.15) is 31.4 Å². The van der Waals surface area contributed by atoms with Crippen molar-refractivity contribution in [3.8, 4) is 0 Å². The quantitative estimate of drug-likeness (QED) is 0.609. The Kier molecular flexibility index (Phi) is 5.50. The number of hydrogen-bond acceptors (Lipinski definition) is 3. The summed E-state index contributed by atoms with van der Waals surface area (Å²) in [6, 6.07) is 2.03. The van der Waals surface area contributed by atoms with Crippen LogP contribution >= 0.6 is 0 Å². The predicted molar refractivity (Wildman–Crippen MR) is 133 cm³/mol. The molecule has 1 saturated heterocycles. The number of carbonyl (C=O) groups is 2. The molecule has 3 aliphatic rings. The summed E-state index contributed by atoms with van der Waals surface area (Å²) < 4.78 is 0. The number of nitrogens with zero attached hydrogens (tertiary/aromatic N) is 3. The van der Waals surface area contributed by atoms with Crippen molar-refractivity contribution in [2.45, 2.75) is 50.2 Å². The molecule has 1 aromatic heterocycles. The van der Waals surface area contributed by atoms with Crippen molar-refractivity contribution in [2.24, 2.45) is 17.3 Å². The van der Waals surface area contributed by atoms with Gasteiger partial charge in [-0.15, -0.1) is 0 Å². The lowest BCUT2D eigenvalue weighted by Gasteiger charge is -2.42. The van der Waals surface area contributed by atoms with Crippen LogP contribution in [0, 0.1) is 17.3 Å². The molecule has 10 heteroatoms. The van der Waals surface area contributed by atoms with Crippen LogP contribution in [-0.4, -0.2) is 77.7 Å². The van der Waals surface area contributed by atoms with E-state index in [0.717, 1.165) is 44.5 Å². The molecule has 0 aromatic carbocycles. The van der Waals surface area contributed by atoms with Crippen LogP contribution in [0.15, 0.2) is 18.5 Å². The Hall–Kier alpha value is -1.85. The molecule has 162 valence electrons. The molecule has 1 N–H and O–H groups in total. The van der Waals surface area contributed by atoms with Gasteiger partial charge < -0.3 is 15.1 Å². The van der Waals surface area contributed by atoms with Gasteiger partial charge in [0.2, 0.25) is 5.91 Å². The number of pyridine rings is 1. The molecule has 1 spiro atoms. The third kappa shape index (κ3) is 3.80. The van der Waals surface area contributed by atoms with Gasteiger partial charge in [0.25, 0.3) is 0 Å². The molecule has 1 unspecified atom stereocenters. The summed E-state index contributed by atoms with van der Waals surface area (Å²) >= 11 is 0. The number of hydrogen-bond donors (Lipinski definition) is 1. The van der Waals surface area contributed by atoms with Gasteiger partial charge in [-0.3, -0.25) is 9.78 Å². The number of carbonyl (C=O) groups excluding carboxylic acids is 2. The highest BCUT2D eigenvalue weighted by atomic mass is 16.2. The number of urea groups is 1. The van der Waals surface area contributed by atoms with Crippen molar-refractivity contribution < 1.29 is 9.59 Å². The third-order valence-corrected chi connectivity index (χ3v) is 8.01. The van der Waals surface area contributed by atoms with Crippen molar-refractivity contribution in [3.63, 3.8) is 0 Å². The lowest BCUT2D eigenvalue weighted by molar-refractivity contribution is -0.133. The Morgan fingerprint density at radius 1 is 1.16 bits per heavy atom. The number of piperidine rings is 1. The summed E-state index contributed by atoms with van der Waals surface area (Å²) in [5.41, 5.74) is 2.62. The number of rotatable bonds is 4. The first-order valence-electron chi connectivity index (χ1n) is 11.8. The van der Waals surface area contributed by atoms with Gasteiger partial charge >= 0.3 is 6.03 Å². The van der Waals surface area contributed by atoms with Crippen LogP contribution < -0.4 is 5.32 Å². The maximum absolute atomic E-state index is 13.3. The van der Waals surface area contributed by atoms with Gasteiger partial charge in [0.15, 0.2) is 0 Å². The minimum absolute atomic E-state index is 0.00204. The lowest BCUT2D eigenvalue weighted by Crippen LogP contribution is -2.59. The van der Waals surface area contributed by atoms with Crippen LogP contribution in [0.3, 0.4) is 0 Å². The molecule has 1 aromatic rings. The van der Waals surface area contributed by atoms with E-state index in [1.54, 1.807) is 0 Å². The number of fused-ring (bicyclic) bond motifs is 1. The van der Waals surface area contributed by atoms with Crippen molar-refractivity contribution in [2.75, 3.05) is 19.6 Å². The normalized spacial score (nSPS) is 24.8. The number of aromatic nitrogens is 1. The van der Waals surface area contributed by atoms with E-state index >= 15 is 0 Å². The Balaban J connectivity index is 1.34. The summed E-state index contributed by atoms with van der Waals surface area (Å²) in [5.74, 6) is 1.23. The second-order valence-corrected chi connectivity index (χ2v) is 11.3. The highest BCUT2D eigenvalue weighted by molar-refractivity contribution is 6.47. The maximum Gasteiger partial charge on any atom is 0.316 e. The topological polar surface area (TPSA) is 65.5 Å². The molecule has 1 saturated carbocycles. The maximum atomic E-state index is 13.3. The van der Waals surface area contributed by atoms with E-state index in [-0.39, 0.29) is 11.4 Å². The molecular formula is C21H34B4N4O2. The summed E-state index contributed by atoms with van der Waals surface area (Å²) in [5, 5.41) is 2.47. The zero-order valence-corrected chi connectivity index (χ0v) is 20.0. The Morgan fingerprint density at radius 2 is 1.81 bits per heavy atom. The van der Waals surface area contributed by atoms with Crippen LogP contribution in [0.2, 0.25) is 0 Å². The molecule has 3 heterocycles. The second kappa shape index (κ2) is 7.63. The minimum Gasteiger partial charge on any atom is -0.343 e. The highest BCUT2D eigenvalue weighted by Crippen LogP contribution is 2.59. The van der Waals surface area contributed by atoms with Crippen LogP contribution in [-0.2, 0) is 15.5 Å². The molecule has 4 rings (SSSR count). The molecular weight excluding hydrogens is 384 g/mol. The summed E-state index contributed by atoms with van der Waals surface area (Å²) in [4.78, 5) is 34.0. The van der Waals surface area contributed by atoms with Gasteiger partial charge in [-0.2, -0.15) is 0 Å². The first-order chi connectivity index (χ1) is 14.5. The van der Waals surface area contributed by atoms with Crippen molar-refractivity contribution in [1.29, 1.82) is 0 Å². The molecule has 0 radical (unpaired) electrons. The summed E-state index contributed by atoms with van der Waals surface area (Å²) in [7, 11) is 8.43. The van der Waals surface area contributed by atoms with E-state index in [4.69, 9.17) is 0 Å². The van der Waals surface area contributed by atoms with E-state index in [1.807, 2.05) is 28.3 Å². The lowest BCUT2D eigenvalue weighted by atomic mass is 9.57. The van der Waals surface area contributed by atoms with Crippen LogP contribution in [0.1, 0.15) is 50.7 Å². The molecule has 1 aliphatic carbocycles. The SMILES string of the molecule is BC1(B)c2ccncc2C(B)(B)N1C(=O)NCC1CC12CCN(C(=O)CC(C)C)CC2. The average molecular weight is 418 g/mol. The predicted octanol–water partition coefficient (Wildman–Crippen LogP) is -1.47.